The van der Waals surface area contributed by atoms with Gasteiger partial charge in [0, 0.05) is 13.1 Å². The summed E-state index contributed by atoms with van der Waals surface area (Å²) in [5.74, 6) is -0.562. The normalized spacial score (nSPS) is 12.0. The van der Waals surface area contributed by atoms with E-state index < -0.39 is 17.7 Å². The first-order chi connectivity index (χ1) is 16.6. The monoisotopic (exact) mass is 491 g/mol. The number of ether oxygens (including phenoxy) is 1. The van der Waals surface area contributed by atoms with E-state index >= 15 is 0 Å². The number of phenolic OH excluding ortho intramolecular Hbond substituents is 1. The van der Waals surface area contributed by atoms with Gasteiger partial charge in [0.25, 0.3) is 0 Å². The van der Waals surface area contributed by atoms with Crippen molar-refractivity contribution >= 4 is 17.9 Å². The Morgan fingerprint density at radius 1 is 0.914 bits per heavy atom. The van der Waals surface area contributed by atoms with Crippen molar-refractivity contribution in [2.24, 2.45) is 0 Å². The average Bonchev–Trinajstić information content (AvgIpc) is 2.79. The Balaban J connectivity index is 3.08. The van der Waals surface area contributed by atoms with E-state index in [1.807, 2.05) is 6.92 Å². The molecule has 1 unspecified atom stereocenters. The van der Waals surface area contributed by atoms with Gasteiger partial charge in [-0.1, -0.05) is 64.5 Å². The molecular weight excluding hydrogens is 446 g/mol. The molecule has 0 radical (unpaired) electrons. The fourth-order valence-electron chi connectivity index (χ4n) is 3.64. The second-order valence-electron chi connectivity index (χ2n) is 9.85. The first-order valence-electron chi connectivity index (χ1n) is 12.9. The molecule has 8 nitrogen and oxygen atoms in total. The van der Waals surface area contributed by atoms with Gasteiger partial charge in [-0.3, -0.25) is 9.59 Å². The van der Waals surface area contributed by atoms with E-state index in [1.54, 1.807) is 32.9 Å². The first-order valence-corrected chi connectivity index (χ1v) is 12.9. The molecule has 1 aromatic carbocycles. The summed E-state index contributed by atoms with van der Waals surface area (Å²) >= 11 is 0. The number of hydrogen-bond donors (Lipinski definition) is 3. The molecule has 0 saturated heterocycles. The van der Waals surface area contributed by atoms with Crippen LogP contribution in [0.1, 0.15) is 97.6 Å². The minimum Gasteiger partial charge on any atom is -0.508 e. The Morgan fingerprint density at radius 3 is 2.11 bits per heavy atom. The third-order valence-electron chi connectivity index (χ3n) is 5.45. The van der Waals surface area contributed by atoms with Crippen LogP contribution in [0, 0.1) is 0 Å². The van der Waals surface area contributed by atoms with Gasteiger partial charge in [0.05, 0.1) is 0 Å². The molecule has 0 saturated carbocycles. The molecule has 35 heavy (non-hydrogen) atoms. The summed E-state index contributed by atoms with van der Waals surface area (Å²) in [6.07, 6.45) is 7.33. The molecule has 1 rings (SSSR count). The lowest BCUT2D eigenvalue weighted by molar-refractivity contribution is -0.140. The highest BCUT2D eigenvalue weighted by atomic mass is 16.6. The fourth-order valence-corrected chi connectivity index (χ4v) is 3.64. The molecule has 1 aromatic rings. The zero-order valence-corrected chi connectivity index (χ0v) is 22.2. The summed E-state index contributed by atoms with van der Waals surface area (Å²) in [6.45, 7) is 10.1. The average molecular weight is 492 g/mol. The van der Waals surface area contributed by atoms with Crippen molar-refractivity contribution in [1.29, 1.82) is 0 Å². The lowest BCUT2D eigenvalue weighted by Crippen LogP contribution is -2.48. The third kappa shape index (κ3) is 12.5. The third-order valence-corrected chi connectivity index (χ3v) is 5.45. The fraction of sp³-hybridized carbons (Fsp3) is 0.667. The van der Waals surface area contributed by atoms with Crippen molar-refractivity contribution in [2.45, 2.75) is 97.6 Å². The summed E-state index contributed by atoms with van der Waals surface area (Å²) in [7, 11) is 0. The minimum atomic E-state index is -0.865. The number of rotatable bonds is 15. The van der Waals surface area contributed by atoms with Gasteiger partial charge >= 0.3 is 6.09 Å². The van der Waals surface area contributed by atoms with Gasteiger partial charge in [-0.2, -0.15) is 0 Å². The van der Waals surface area contributed by atoms with Crippen LogP contribution in [0.5, 0.6) is 5.75 Å². The van der Waals surface area contributed by atoms with Crippen molar-refractivity contribution < 1.29 is 24.2 Å². The number of hydrogen-bond acceptors (Lipinski definition) is 5. The number of alkyl carbamates (subject to hydrolysis) is 1. The van der Waals surface area contributed by atoms with Crippen LogP contribution in [-0.2, 0) is 14.3 Å². The van der Waals surface area contributed by atoms with Gasteiger partial charge in [0.1, 0.15) is 23.9 Å². The number of unbranched alkanes of at least 4 members (excludes halogenated alkanes) is 6. The Labute approximate surface area is 210 Å². The van der Waals surface area contributed by atoms with Gasteiger partial charge in [0.2, 0.25) is 11.8 Å². The van der Waals surface area contributed by atoms with Gasteiger partial charge in [-0.05, 0) is 51.3 Å². The lowest BCUT2D eigenvalue weighted by atomic mass is 10.0. The molecule has 0 aromatic heterocycles. The molecule has 0 heterocycles. The Kier molecular flexibility index (Phi) is 13.8. The summed E-state index contributed by atoms with van der Waals surface area (Å²) < 4.78 is 5.25. The molecule has 8 heteroatoms. The second kappa shape index (κ2) is 16.0. The highest BCUT2D eigenvalue weighted by molar-refractivity contribution is 5.90. The van der Waals surface area contributed by atoms with E-state index in [-0.39, 0.29) is 24.1 Å². The van der Waals surface area contributed by atoms with E-state index in [2.05, 4.69) is 17.6 Å². The van der Waals surface area contributed by atoms with Crippen molar-refractivity contribution in [3.05, 3.63) is 29.8 Å². The van der Waals surface area contributed by atoms with Crippen LogP contribution in [-0.4, -0.2) is 53.1 Å². The molecule has 198 valence electrons. The quantitative estimate of drug-likeness (QED) is 0.297. The topological polar surface area (TPSA) is 108 Å². The van der Waals surface area contributed by atoms with Crippen LogP contribution in [0.2, 0.25) is 0 Å². The Hall–Kier alpha value is -2.77. The van der Waals surface area contributed by atoms with Crippen molar-refractivity contribution in [3.8, 4) is 5.75 Å². The van der Waals surface area contributed by atoms with Gasteiger partial charge in [-0.25, -0.2) is 4.79 Å². The number of carbonyl (C=O) groups excluding carboxylic acids is 3. The number of nitrogens with one attached hydrogen (secondary N) is 2. The molecule has 3 amide bonds. The smallest absolute Gasteiger partial charge is 0.408 e. The van der Waals surface area contributed by atoms with E-state index in [0.29, 0.717) is 18.7 Å². The minimum absolute atomic E-state index is 0.0827. The highest BCUT2D eigenvalue weighted by Crippen LogP contribution is 2.24. The number of carbonyl (C=O) groups is 3. The van der Waals surface area contributed by atoms with Crippen molar-refractivity contribution in [1.82, 2.24) is 15.5 Å². The molecule has 0 aliphatic heterocycles. The predicted molar refractivity (Wildman–Crippen MR) is 138 cm³/mol. The number of amides is 3. The lowest BCUT2D eigenvalue weighted by Gasteiger charge is -2.32. The Bertz CT molecular complexity index is 774. The maximum Gasteiger partial charge on any atom is 0.408 e. The summed E-state index contributed by atoms with van der Waals surface area (Å²) in [5.41, 5.74) is -0.0765. The number of nitrogens with zero attached hydrogens (tertiary/aromatic N) is 1. The second-order valence-corrected chi connectivity index (χ2v) is 9.85. The molecule has 0 aliphatic carbocycles. The summed E-state index contributed by atoms with van der Waals surface area (Å²) in [5, 5.41) is 15.2. The summed E-state index contributed by atoms with van der Waals surface area (Å²) in [4.78, 5) is 40.2. The van der Waals surface area contributed by atoms with E-state index in [1.165, 1.54) is 23.5 Å². The molecule has 1 atom stereocenters. The maximum absolute atomic E-state index is 13.3. The van der Waals surface area contributed by atoms with Crippen molar-refractivity contribution in [3.63, 3.8) is 0 Å². The molecule has 0 bridgehead atoms. The van der Waals surface area contributed by atoms with Crippen LogP contribution in [0.3, 0.4) is 0 Å². The molecule has 0 spiro atoms. The van der Waals surface area contributed by atoms with Crippen LogP contribution in [0.15, 0.2) is 24.3 Å². The van der Waals surface area contributed by atoms with E-state index in [9.17, 15) is 19.5 Å². The number of aromatic hydroxyl groups is 1. The molecule has 3 N–H and O–H groups in total. The first kappa shape index (κ1) is 30.3. The largest absolute Gasteiger partial charge is 0.508 e. The number of phenols is 1. The van der Waals surface area contributed by atoms with Crippen LogP contribution in [0.25, 0.3) is 0 Å². The van der Waals surface area contributed by atoms with E-state index in [4.69, 9.17) is 4.74 Å². The number of benzene rings is 1. The van der Waals surface area contributed by atoms with Gasteiger partial charge in [-0.15, -0.1) is 0 Å². The highest BCUT2D eigenvalue weighted by Gasteiger charge is 2.31. The van der Waals surface area contributed by atoms with Gasteiger partial charge in [0.15, 0.2) is 0 Å². The van der Waals surface area contributed by atoms with Crippen molar-refractivity contribution in [2.75, 3.05) is 19.6 Å². The standard InChI is InChI=1S/C27H45N3O5/c1-6-8-10-11-12-13-19-30(23(32)20-29-26(34)35-27(3,4)5)24(25(33)28-18-9-7-2)21-14-16-22(31)17-15-21/h14-17,24,31H,6-13,18-20H2,1-5H3,(H,28,33)(H,29,34). The molecular formula is C27H45N3O5. The van der Waals surface area contributed by atoms with Gasteiger partial charge < -0.3 is 25.4 Å². The SMILES string of the molecule is CCCCCCCCN(C(=O)CNC(=O)OC(C)(C)C)C(C(=O)NCCCC)c1ccc(O)cc1. The molecule has 0 fully saturated rings. The Morgan fingerprint density at radius 2 is 1.51 bits per heavy atom. The predicted octanol–water partition coefficient (Wildman–Crippen LogP) is 5.06. The van der Waals surface area contributed by atoms with Crippen LogP contribution >= 0.6 is 0 Å². The zero-order chi connectivity index (χ0) is 26.3. The zero-order valence-electron chi connectivity index (χ0n) is 22.2. The molecule has 0 aliphatic rings. The van der Waals surface area contributed by atoms with E-state index in [0.717, 1.165) is 44.9 Å². The van der Waals surface area contributed by atoms with Crippen LogP contribution in [0.4, 0.5) is 4.79 Å². The summed E-state index contributed by atoms with van der Waals surface area (Å²) in [6, 6.07) is 5.46. The van der Waals surface area contributed by atoms with Crippen LogP contribution < -0.4 is 10.6 Å². The maximum atomic E-state index is 13.3.